The Bertz CT molecular complexity index is 1180. The molecule has 1 aromatic heterocycles. The third kappa shape index (κ3) is 4.77. The molecular formula is C22H25N3O3S2. The van der Waals surface area contributed by atoms with Crippen LogP contribution in [0.4, 0.5) is 5.13 Å². The molecule has 30 heavy (non-hydrogen) atoms. The molecule has 0 fully saturated rings. The molecule has 0 spiro atoms. The van der Waals surface area contributed by atoms with Gasteiger partial charge in [-0.3, -0.25) is 10.1 Å². The summed E-state index contributed by atoms with van der Waals surface area (Å²) >= 11 is 1.41. The molecule has 0 atom stereocenters. The van der Waals surface area contributed by atoms with Crippen LogP contribution in [0.3, 0.4) is 0 Å². The number of aryl methyl sites for hydroxylation is 2. The fraction of sp³-hybridized carbons (Fsp3) is 0.273. The van der Waals surface area contributed by atoms with Crippen molar-refractivity contribution in [2.75, 3.05) is 19.4 Å². The van der Waals surface area contributed by atoms with Gasteiger partial charge in [0.2, 0.25) is 10.0 Å². The van der Waals surface area contributed by atoms with Crippen molar-refractivity contribution in [3.05, 3.63) is 75.3 Å². The van der Waals surface area contributed by atoms with E-state index in [1.807, 2.05) is 6.92 Å². The number of aromatic nitrogens is 1. The molecule has 6 nitrogen and oxygen atoms in total. The highest BCUT2D eigenvalue weighted by atomic mass is 32.2. The Morgan fingerprint density at radius 2 is 1.77 bits per heavy atom. The predicted molar refractivity (Wildman–Crippen MR) is 121 cm³/mol. The molecule has 3 aromatic rings. The van der Waals surface area contributed by atoms with Gasteiger partial charge >= 0.3 is 0 Å². The molecule has 1 N–H and O–H groups in total. The van der Waals surface area contributed by atoms with Crippen molar-refractivity contribution >= 4 is 32.4 Å². The molecule has 0 aliphatic carbocycles. The smallest absolute Gasteiger partial charge is 0.257 e. The van der Waals surface area contributed by atoms with E-state index in [1.54, 1.807) is 26.1 Å². The van der Waals surface area contributed by atoms with Gasteiger partial charge in [-0.05, 0) is 49.6 Å². The number of rotatable bonds is 6. The van der Waals surface area contributed by atoms with Gasteiger partial charge in [0.25, 0.3) is 5.91 Å². The Balaban J connectivity index is 1.80. The van der Waals surface area contributed by atoms with Gasteiger partial charge in [-0.1, -0.05) is 29.8 Å². The number of nitrogens with one attached hydrogen (secondary N) is 1. The quantitative estimate of drug-likeness (QED) is 0.620. The van der Waals surface area contributed by atoms with Gasteiger partial charge in [0.1, 0.15) is 0 Å². The average Bonchev–Trinajstić information content (AvgIpc) is 3.12. The van der Waals surface area contributed by atoms with E-state index in [2.05, 4.69) is 34.6 Å². The van der Waals surface area contributed by atoms with Crippen LogP contribution in [0.2, 0.25) is 0 Å². The Kier molecular flexibility index (Phi) is 6.40. The van der Waals surface area contributed by atoms with E-state index in [-0.39, 0.29) is 16.4 Å². The second kappa shape index (κ2) is 8.67. The standard InChI is InChI=1S/C22H25N3O3S2/c1-14-6-8-17(9-7-14)11-19-13-23-22(29-19)24-21(26)18-10-15(2)16(3)20(12-18)30(27,28)25(4)5/h6-10,12-13H,11H2,1-5H3,(H,23,24,26). The Morgan fingerprint density at radius 1 is 1.10 bits per heavy atom. The third-order valence-electron chi connectivity index (χ3n) is 4.91. The van der Waals surface area contributed by atoms with Gasteiger partial charge in [-0.15, -0.1) is 11.3 Å². The zero-order chi connectivity index (χ0) is 22.1. The van der Waals surface area contributed by atoms with Crippen LogP contribution < -0.4 is 5.32 Å². The van der Waals surface area contributed by atoms with Crippen molar-refractivity contribution in [1.29, 1.82) is 0 Å². The molecular weight excluding hydrogens is 418 g/mol. The summed E-state index contributed by atoms with van der Waals surface area (Å²) in [4.78, 5) is 18.2. The first kappa shape index (κ1) is 22.1. The molecule has 0 saturated carbocycles. The van der Waals surface area contributed by atoms with E-state index in [0.29, 0.717) is 10.7 Å². The SMILES string of the molecule is Cc1ccc(Cc2cnc(NC(=O)c3cc(C)c(C)c(S(=O)(=O)N(C)C)c3)s2)cc1. The van der Waals surface area contributed by atoms with Crippen LogP contribution in [0.15, 0.2) is 47.5 Å². The van der Waals surface area contributed by atoms with Crippen molar-refractivity contribution in [3.63, 3.8) is 0 Å². The minimum atomic E-state index is -3.65. The number of nitrogens with zero attached hydrogens (tertiary/aromatic N) is 2. The predicted octanol–water partition coefficient (Wildman–Crippen LogP) is 4.16. The zero-order valence-corrected chi connectivity index (χ0v) is 19.3. The van der Waals surface area contributed by atoms with E-state index in [9.17, 15) is 13.2 Å². The number of thiazole rings is 1. The number of carbonyl (C=O) groups excluding carboxylic acids is 1. The fourth-order valence-corrected chi connectivity index (χ4v) is 5.01. The molecule has 0 aliphatic rings. The second-order valence-corrected chi connectivity index (χ2v) is 10.7. The summed E-state index contributed by atoms with van der Waals surface area (Å²) in [6.45, 7) is 5.58. The van der Waals surface area contributed by atoms with E-state index in [0.717, 1.165) is 21.2 Å². The van der Waals surface area contributed by atoms with Crippen LogP contribution in [0.1, 0.15) is 37.5 Å². The van der Waals surface area contributed by atoms with Crippen LogP contribution in [0, 0.1) is 20.8 Å². The zero-order valence-electron chi connectivity index (χ0n) is 17.7. The normalized spacial score (nSPS) is 11.7. The van der Waals surface area contributed by atoms with E-state index in [1.165, 1.54) is 42.6 Å². The van der Waals surface area contributed by atoms with Crippen molar-refractivity contribution in [1.82, 2.24) is 9.29 Å². The van der Waals surface area contributed by atoms with Crippen molar-refractivity contribution in [2.45, 2.75) is 32.1 Å². The van der Waals surface area contributed by atoms with Gasteiger partial charge in [-0.2, -0.15) is 0 Å². The molecule has 8 heteroatoms. The van der Waals surface area contributed by atoms with Crippen LogP contribution in [0.25, 0.3) is 0 Å². The van der Waals surface area contributed by atoms with Crippen molar-refractivity contribution in [3.8, 4) is 0 Å². The number of anilines is 1. The van der Waals surface area contributed by atoms with Crippen molar-refractivity contribution in [2.24, 2.45) is 0 Å². The first-order valence-corrected chi connectivity index (χ1v) is 11.7. The first-order chi connectivity index (χ1) is 14.1. The maximum absolute atomic E-state index is 12.8. The van der Waals surface area contributed by atoms with Gasteiger partial charge in [0.15, 0.2) is 5.13 Å². The van der Waals surface area contributed by atoms with Crippen LogP contribution in [0.5, 0.6) is 0 Å². The molecule has 0 saturated heterocycles. The summed E-state index contributed by atoms with van der Waals surface area (Å²) in [7, 11) is -0.704. The second-order valence-electron chi connectivity index (χ2n) is 7.45. The lowest BCUT2D eigenvalue weighted by Gasteiger charge is -2.16. The Morgan fingerprint density at radius 3 is 2.40 bits per heavy atom. The third-order valence-corrected chi connectivity index (χ3v) is 7.77. The maximum atomic E-state index is 12.8. The lowest BCUT2D eigenvalue weighted by Crippen LogP contribution is -2.24. The minimum Gasteiger partial charge on any atom is -0.298 e. The number of carbonyl (C=O) groups is 1. The van der Waals surface area contributed by atoms with Gasteiger partial charge in [-0.25, -0.2) is 17.7 Å². The Labute approximate surface area is 181 Å². The highest BCUT2D eigenvalue weighted by Gasteiger charge is 2.23. The Hall–Kier alpha value is -2.55. The van der Waals surface area contributed by atoms with Gasteiger partial charge < -0.3 is 0 Å². The molecule has 3 rings (SSSR count). The summed E-state index contributed by atoms with van der Waals surface area (Å²) in [6, 6.07) is 11.4. The van der Waals surface area contributed by atoms with Gasteiger partial charge in [0, 0.05) is 37.2 Å². The summed E-state index contributed by atoms with van der Waals surface area (Å²) in [5.74, 6) is -0.385. The fourth-order valence-electron chi connectivity index (χ4n) is 2.95. The topological polar surface area (TPSA) is 79.4 Å². The van der Waals surface area contributed by atoms with E-state index < -0.39 is 10.0 Å². The molecule has 1 amide bonds. The lowest BCUT2D eigenvalue weighted by atomic mass is 10.1. The van der Waals surface area contributed by atoms with Gasteiger partial charge in [0.05, 0.1) is 4.90 Å². The molecule has 0 aliphatic heterocycles. The number of amides is 1. The summed E-state index contributed by atoms with van der Waals surface area (Å²) < 4.78 is 26.4. The average molecular weight is 444 g/mol. The number of benzene rings is 2. The summed E-state index contributed by atoms with van der Waals surface area (Å²) in [5.41, 5.74) is 4.04. The molecule has 1 heterocycles. The number of hydrogen-bond donors (Lipinski definition) is 1. The molecule has 0 radical (unpaired) electrons. The largest absolute Gasteiger partial charge is 0.298 e. The van der Waals surface area contributed by atoms with Crippen LogP contribution in [-0.4, -0.2) is 37.7 Å². The number of hydrogen-bond acceptors (Lipinski definition) is 5. The lowest BCUT2D eigenvalue weighted by molar-refractivity contribution is 0.102. The minimum absolute atomic E-state index is 0.136. The van der Waals surface area contributed by atoms with Crippen LogP contribution >= 0.6 is 11.3 Å². The highest BCUT2D eigenvalue weighted by molar-refractivity contribution is 7.89. The van der Waals surface area contributed by atoms with E-state index in [4.69, 9.17) is 0 Å². The highest BCUT2D eigenvalue weighted by Crippen LogP contribution is 2.25. The first-order valence-electron chi connectivity index (χ1n) is 9.43. The van der Waals surface area contributed by atoms with Crippen molar-refractivity contribution < 1.29 is 13.2 Å². The maximum Gasteiger partial charge on any atom is 0.257 e. The van der Waals surface area contributed by atoms with Crippen LogP contribution in [-0.2, 0) is 16.4 Å². The molecule has 158 valence electrons. The monoisotopic (exact) mass is 443 g/mol. The number of sulfonamides is 1. The molecule has 0 unspecified atom stereocenters. The molecule has 2 aromatic carbocycles. The summed E-state index contributed by atoms with van der Waals surface area (Å²) in [6.07, 6.45) is 2.49. The van der Waals surface area contributed by atoms with E-state index >= 15 is 0 Å². The molecule has 0 bridgehead atoms. The summed E-state index contributed by atoms with van der Waals surface area (Å²) in [5, 5.41) is 3.27.